The number of ether oxygens (including phenoxy) is 1. The second-order valence-corrected chi connectivity index (χ2v) is 7.67. The highest BCUT2D eigenvalue weighted by atomic mass is 32.2. The molecule has 0 bridgehead atoms. The molecule has 1 heterocycles. The molecule has 1 saturated carbocycles. The van der Waals surface area contributed by atoms with E-state index in [1.165, 1.54) is 14.0 Å². The fourth-order valence-corrected chi connectivity index (χ4v) is 4.63. The Kier molecular flexibility index (Phi) is 7.43. The number of nitrogens with zero attached hydrogens (tertiary/aromatic N) is 1. The van der Waals surface area contributed by atoms with Crippen molar-refractivity contribution in [2.45, 2.75) is 38.8 Å². The van der Waals surface area contributed by atoms with Gasteiger partial charge in [0.1, 0.15) is 11.9 Å². The van der Waals surface area contributed by atoms with Gasteiger partial charge in [-0.05, 0) is 18.6 Å². The third kappa shape index (κ3) is 5.28. The van der Waals surface area contributed by atoms with E-state index in [0.717, 1.165) is 18.7 Å². The van der Waals surface area contributed by atoms with Crippen LogP contribution in [0.5, 0.6) is 0 Å². The Bertz CT molecular complexity index is 539. The van der Waals surface area contributed by atoms with E-state index < -0.39 is 6.17 Å². The molecule has 1 aliphatic carbocycles. The van der Waals surface area contributed by atoms with Gasteiger partial charge in [-0.3, -0.25) is 24.1 Å². The summed E-state index contributed by atoms with van der Waals surface area (Å²) in [7, 11) is 1.36. The minimum Gasteiger partial charge on any atom is -0.469 e. The maximum absolute atomic E-state index is 12.0. The summed E-state index contributed by atoms with van der Waals surface area (Å²) in [6.07, 6.45) is 1.88. The van der Waals surface area contributed by atoms with Crippen LogP contribution in [0.15, 0.2) is 0 Å². The highest BCUT2D eigenvalue weighted by Gasteiger charge is 2.39. The van der Waals surface area contributed by atoms with Crippen molar-refractivity contribution >= 4 is 35.2 Å². The van der Waals surface area contributed by atoms with Gasteiger partial charge in [-0.25, -0.2) is 0 Å². The molecule has 3 atom stereocenters. The molecule has 0 spiro atoms. The number of hydrogen-bond acceptors (Lipinski definition) is 7. The lowest BCUT2D eigenvalue weighted by Crippen LogP contribution is -2.47. The third-order valence-corrected chi connectivity index (χ3v) is 5.96. The molecule has 8 heteroatoms. The Morgan fingerprint density at radius 3 is 2.72 bits per heavy atom. The van der Waals surface area contributed by atoms with E-state index in [1.54, 1.807) is 11.8 Å². The summed E-state index contributed by atoms with van der Waals surface area (Å²) in [5, 5.41) is 2.69. The van der Waals surface area contributed by atoms with Crippen LogP contribution in [-0.2, 0) is 23.9 Å². The van der Waals surface area contributed by atoms with Crippen LogP contribution >= 0.6 is 11.8 Å². The fourth-order valence-electron chi connectivity index (χ4n) is 3.46. The lowest BCUT2D eigenvalue weighted by molar-refractivity contribution is -0.147. The molecule has 0 aromatic heterocycles. The van der Waals surface area contributed by atoms with Crippen molar-refractivity contribution in [1.29, 1.82) is 0 Å². The van der Waals surface area contributed by atoms with Gasteiger partial charge in [0.25, 0.3) is 0 Å². The minimum absolute atomic E-state index is 0.0559. The zero-order valence-electron chi connectivity index (χ0n) is 14.8. The van der Waals surface area contributed by atoms with Crippen LogP contribution in [0.4, 0.5) is 0 Å². The van der Waals surface area contributed by atoms with Crippen molar-refractivity contribution in [1.82, 2.24) is 10.2 Å². The largest absolute Gasteiger partial charge is 0.469 e. The molecule has 3 unspecified atom stereocenters. The number of esters is 1. The van der Waals surface area contributed by atoms with Gasteiger partial charge in [-0.1, -0.05) is 0 Å². The van der Waals surface area contributed by atoms with Crippen LogP contribution in [0.25, 0.3) is 0 Å². The van der Waals surface area contributed by atoms with Gasteiger partial charge in [0, 0.05) is 44.5 Å². The summed E-state index contributed by atoms with van der Waals surface area (Å²) in [5.41, 5.74) is 0. The first-order chi connectivity index (χ1) is 11.9. The Balaban J connectivity index is 1.70. The molecule has 1 N–H and O–H groups in total. The number of thioether (sulfide) groups is 1. The van der Waals surface area contributed by atoms with Gasteiger partial charge in [0.15, 0.2) is 5.78 Å². The molecule has 7 nitrogen and oxygen atoms in total. The second-order valence-electron chi connectivity index (χ2n) is 6.52. The van der Waals surface area contributed by atoms with E-state index in [2.05, 4.69) is 5.32 Å². The third-order valence-electron chi connectivity index (χ3n) is 4.79. The Labute approximate surface area is 152 Å². The highest BCUT2D eigenvalue weighted by Crippen LogP contribution is 2.32. The van der Waals surface area contributed by atoms with Gasteiger partial charge in [-0.2, -0.15) is 11.8 Å². The number of ketones is 2. The molecule has 2 aliphatic rings. The molecule has 140 valence electrons. The Hall–Kier alpha value is -1.41. The molecule has 1 saturated heterocycles. The molecular weight excluding hydrogens is 344 g/mol. The molecule has 1 amide bonds. The summed E-state index contributed by atoms with van der Waals surface area (Å²) in [4.78, 5) is 48.7. The number of nitrogens with one attached hydrogen (secondary N) is 1. The van der Waals surface area contributed by atoms with Crippen LogP contribution in [-0.4, -0.2) is 66.2 Å². The van der Waals surface area contributed by atoms with Crippen molar-refractivity contribution in [2.24, 2.45) is 11.8 Å². The SMILES string of the molecule is COC(=O)C1CCC(=O)C1CSCCCN1CCC(=O)C1NC(C)=O. The molecule has 0 aromatic carbocycles. The normalized spacial score (nSPS) is 26.9. The van der Waals surface area contributed by atoms with Gasteiger partial charge < -0.3 is 10.1 Å². The lowest BCUT2D eigenvalue weighted by atomic mass is 9.98. The first-order valence-corrected chi connectivity index (χ1v) is 9.81. The number of carbonyl (C=O) groups is 4. The standard InChI is InChI=1S/C17H26N2O5S/c1-11(20)18-16-15(22)6-8-19(16)7-3-9-25-10-13-12(17(23)24-2)4-5-14(13)21/h12-13,16H,3-10H2,1-2H3,(H,18,20). The van der Waals surface area contributed by atoms with Gasteiger partial charge >= 0.3 is 5.97 Å². The summed E-state index contributed by atoms with van der Waals surface area (Å²) in [5.74, 6) is 0.655. The first-order valence-electron chi connectivity index (χ1n) is 8.66. The average molecular weight is 370 g/mol. The number of hydrogen-bond donors (Lipinski definition) is 1. The number of likely N-dealkylation sites (tertiary alicyclic amines) is 1. The summed E-state index contributed by atoms with van der Waals surface area (Å²) >= 11 is 1.66. The Morgan fingerprint density at radius 1 is 1.28 bits per heavy atom. The molecule has 0 radical (unpaired) electrons. The maximum Gasteiger partial charge on any atom is 0.309 e. The first kappa shape index (κ1) is 19.9. The van der Waals surface area contributed by atoms with Gasteiger partial charge in [-0.15, -0.1) is 0 Å². The van der Waals surface area contributed by atoms with Crippen LogP contribution in [0, 0.1) is 11.8 Å². The predicted molar refractivity (Wildman–Crippen MR) is 94.0 cm³/mol. The van der Waals surface area contributed by atoms with E-state index in [0.29, 0.717) is 31.6 Å². The average Bonchev–Trinajstić information content (AvgIpc) is 3.10. The van der Waals surface area contributed by atoms with Crippen LogP contribution in [0.2, 0.25) is 0 Å². The van der Waals surface area contributed by atoms with Crippen LogP contribution in [0.1, 0.15) is 32.6 Å². The number of Topliss-reactive ketones (excluding diaryl/α,β-unsaturated/α-hetero) is 2. The van der Waals surface area contributed by atoms with E-state index >= 15 is 0 Å². The molecular formula is C17H26N2O5S. The van der Waals surface area contributed by atoms with Crippen molar-refractivity contribution < 1.29 is 23.9 Å². The molecule has 2 rings (SSSR count). The number of rotatable bonds is 8. The van der Waals surface area contributed by atoms with E-state index in [4.69, 9.17) is 4.74 Å². The molecule has 0 aromatic rings. The number of methoxy groups -OCH3 is 1. The molecule has 2 fully saturated rings. The fraction of sp³-hybridized carbons (Fsp3) is 0.765. The predicted octanol–water partition coefficient (Wildman–Crippen LogP) is 0.615. The van der Waals surface area contributed by atoms with Gasteiger partial charge in [0.2, 0.25) is 5.91 Å². The summed E-state index contributed by atoms with van der Waals surface area (Å²) in [6.45, 7) is 2.80. The van der Waals surface area contributed by atoms with Crippen molar-refractivity contribution in [3.8, 4) is 0 Å². The van der Waals surface area contributed by atoms with Crippen molar-refractivity contribution in [2.75, 3.05) is 31.7 Å². The summed E-state index contributed by atoms with van der Waals surface area (Å²) < 4.78 is 4.79. The van der Waals surface area contributed by atoms with Crippen molar-refractivity contribution in [3.05, 3.63) is 0 Å². The highest BCUT2D eigenvalue weighted by molar-refractivity contribution is 7.99. The smallest absolute Gasteiger partial charge is 0.309 e. The summed E-state index contributed by atoms with van der Waals surface area (Å²) in [6, 6.07) is 0. The van der Waals surface area contributed by atoms with Crippen LogP contribution < -0.4 is 5.32 Å². The lowest BCUT2D eigenvalue weighted by Gasteiger charge is -2.23. The van der Waals surface area contributed by atoms with Gasteiger partial charge in [0.05, 0.1) is 13.0 Å². The zero-order valence-corrected chi connectivity index (χ0v) is 15.6. The second kappa shape index (κ2) is 9.33. The van der Waals surface area contributed by atoms with E-state index in [1.807, 2.05) is 4.90 Å². The topological polar surface area (TPSA) is 92.8 Å². The van der Waals surface area contributed by atoms with E-state index in [-0.39, 0.29) is 35.3 Å². The maximum atomic E-state index is 12.0. The minimum atomic E-state index is -0.498. The van der Waals surface area contributed by atoms with Crippen LogP contribution in [0.3, 0.4) is 0 Å². The number of carbonyl (C=O) groups excluding carboxylic acids is 4. The van der Waals surface area contributed by atoms with Crippen molar-refractivity contribution in [3.63, 3.8) is 0 Å². The quantitative estimate of drug-likeness (QED) is 0.494. The number of amides is 1. The molecule has 1 aliphatic heterocycles. The zero-order chi connectivity index (χ0) is 18.4. The van der Waals surface area contributed by atoms with E-state index in [9.17, 15) is 19.2 Å². The molecule has 25 heavy (non-hydrogen) atoms. The Morgan fingerprint density at radius 2 is 2.04 bits per heavy atom. The monoisotopic (exact) mass is 370 g/mol.